The van der Waals surface area contributed by atoms with Gasteiger partial charge in [0.2, 0.25) is 5.91 Å². The number of likely N-dealkylation sites (tertiary alicyclic amines) is 1. The van der Waals surface area contributed by atoms with E-state index in [-0.39, 0.29) is 5.91 Å². The Morgan fingerprint density at radius 3 is 2.76 bits per heavy atom. The van der Waals surface area contributed by atoms with Gasteiger partial charge in [-0.15, -0.1) is 0 Å². The van der Waals surface area contributed by atoms with E-state index in [4.69, 9.17) is 16.3 Å². The van der Waals surface area contributed by atoms with Gasteiger partial charge in [0.25, 0.3) is 0 Å². The van der Waals surface area contributed by atoms with Crippen LogP contribution in [0.25, 0.3) is 0 Å². The lowest BCUT2D eigenvalue weighted by molar-refractivity contribution is -0.132. The number of carbonyl (C=O) groups is 1. The molecular formula is C17H24ClNO2. The summed E-state index contributed by atoms with van der Waals surface area (Å²) in [5.74, 6) is 1.86. The maximum atomic E-state index is 12.1. The Bertz CT molecular complexity index is 482. The van der Waals surface area contributed by atoms with E-state index in [2.05, 4.69) is 6.92 Å². The Kier molecular flexibility index (Phi) is 5.92. The smallest absolute Gasteiger partial charge is 0.222 e. The number of halogens is 1. The Hall–Kier alpha value is -1.22. The van der Waals surface area contributed by atoms with Crippen LogP contribution in [-0.4, -0.2) is 30.5 Å². The second-order valence-electron chi connectivity index (χ2n) is 5.93. The normalized spacial score (nSPS) is 16.0. The monoisotopic (exact) mass is 309 g/mol. The molecule has 0 aromatic heterocycles. The molecular weight excluding hydrogens is 286 g/mol. The van der Waals surface area contributed by atoms with Gasteiger partial charge in [-0.3, -0.25) is 4.79 Å². The van der Waals surface area contributed by atoms with Crippen LogP contribution in [0.1, 0.15) is 38.2 Å². The standard InChI is InChI=1S/C17H24ClNO2/c1-13-7-9-19(10-8-13)17(20)4-3-11-21-16-6-5-15(18)12-14(16)2/h5-6,12-13H,3-4,7-11H2,1-2H3. The lowest BCUT2D eigenvalue weighted by Crippen LogP contribution is -2.37. The number of amides is 1. The summed E-state index contributed by atoms with van der Waals surface area (Å²) >= 11 is 5.91. The molecule has 0 spiro atoms. The predicted molar refractivity (Wildman–Crippen MR) is 85.9 cm³/mol. The van der Waals surface area contributed by atoms with Crippen molar-refractivity contribution < 1.29 is 9.53 Å². The Morgan fingerprint density at radius 2 is 2.10 bits per heavy atom. The van der Waals surface area contributed by atoms with Crippen LogP contribution in [0.2, 0.25) is 5.02 Å². The predicted octanol–water partition coefficient (Wildman–Crippen LogP) is 4.07. The molecule has 1 aliphatic heterocycles. The fourth-order valence-electron chi connectivity index (χ4n) is 2.60. The van der Waals surface area contributed by atoms with Gasteiger partial charge >= 0.3 is 0 Å². The van der Waals surface area contributed by atoms with Crippen molar-refractivity contribution in [3.05, 3.63) is 28.8 Å². The summed E-state index contributed by atoms with van der Waals surface area (Å²) < 4.78 is 5.72. The summed E-state index contributed by atoms with van der Waals surface area (Å²) in [6.07, 6.45) is 3.59. The minimum atomic E-state index is 0.262. The van der Waals surface area contributed by atoms with Crippen molar-refractivity contribution in [1.29, 1.82) is 0 Å². The molecule has 0 unspecified atom stereocenters. The quantitative estimate of drug-likeness (QED) is 0.767. The summed E-state index contributed by atoms with van der Waals surface area (Å²) in [4.78, 5) is 14.1. The molecule has 1 heterocycles. The molecule has 1 fully saturated rings. The van der Waals surface area contributed by atoms with E-state index >= 15 is 0 Å². The topological polar surface area (TPSA) is 29.5 Å². The average molecular weight is 310 g/mol. The number of hydrogen-bond donors (Lipinski definition) is 0. The Morgan fingerprint density at radius 1 is 1.38 bits per heavy atom. The summed E-state index contributed by atoms with van der Waals surface area (Å²) in [7, 11) is 0. The number of aryl methyl sites for hydroxylation is 1. The number of carbonyl (C=O) groups excluding carboxylic acids is 1. The zero-order valence-corrected chi connectivity index (χ0v) is 13.7. The molecule has 1 aromatic carbocycles. The van der Waals surface area contributed by atoms with Gasteiger partial charge in [0.1, 0.15) is 5.75 Å². The maximum Gasteiger partial charge on any atom is 0.222 e. The van der Waals surface area contributed by atoms with Gasteiger partial charge in [0, 0.05) is 24.5 Å². The third-order valence-electron chi connectivity index (χ3n) is 4.07. The number of nitrogens with zero attached hydrogens (tertiary/aromatic N) is 1. The molecule has 1 amide bonds. The molecule has 0 radical (unpaired) electrons. The lowest BCUT2D eigenvalue weighted by atomic mass is 9.99. The number of piperidine rings is 1. The first-order valence-corrected chi connectivity index (χ1v) is 8.11. The summed E-state index contributed by atoms with van der Waals surface area (Å²) in [5.41, 5.74) is 1.03. The van der Waals surface area contributed by atoms with Crippen LogP contribution in [0, 0.1) is 12.8 Å². The molecule has 1 saturated heterocycles. The fraction of sp³-hybridized carbons (Fsp3) is 0.588. The molecule has 0 aliphatic carbocycles. The third kappa shape index (κ3) is 4.92. The van der Waals surface area contributed by atoms with Crippen LogP contribution in [-0.2, 0) is 4.79 Å². The van der Waals surface area contributed by atoms with E-state index in [0.717, 1.165) is 49.6 Å². The van der Waals surface area contributed by atoms with Crippen molar-refractivity contribution in [2.45, 2.75) is 39.5 Å². The van der Waals surface area contributed by atoms with Crippen molar-refractivity contribution in [2.75, 3.05) is 19.7 Å². The molecule has 21 heavy (non-hydrogen) atoms. The van der Waals surface area contributed by atoms with Crippen LogP contribution >= 0.6 is 11.6 Å². The molecule has 2 rings (SSSR count). The van der Waals surface area contributed by atoms with Crippen LogP contribution in [0.4, 0.5) is 0 Å². The van der Waals surface area contributed by atoms with E-state index in [9.17, 15) is 4.79 Å². The minimum absolute atomic E-state index is 0.262. The molecule has 4 heteroatoms. The highest BCUT2D eigenvalue weighted by Gasteiger charge is 2.19. The van der Waals surface area contributed by atoms with Gasteiger partial charge in [-0.05, 0) is 55.9 Å². The number of hydrogen-bond acceptors (Lipinski definition) is 2. The van der Waals surface area contributed by atoms with Crippen molar-refractivity contribution in [3.63, 3.8) is 0 Å². The first-order chi connectivity index (χ1) is 10.1. The highest BCUT2D eigenvalue weighted by atomic mass is 35.5. The van der Waals surface area contributed by atoms with Gasteiger partial charge in [-0.1, -0.05) is 18.5 Å². The summed E-state index contributed by atoms with van der Waals surface area (Å²) in [6, 6.07) is 5.59. The first kappa shape index (κ1) is 16.2. The fourth-order valence-corrected chi connectivity index (χ4v) is 2.82. The molecule has 1 aromatic rings. The lowest BCUT2D eigenvalue weighted by Gasteiger charge is -2.30. The number of ether oxygens (including phenoxy) is 1. The zero-order chi connectivity index (χ0) is 15.2. The largest absolute Gasteiger partial charge is 0.493 e. The SMILES string of the molecule is Cc1cc(Cl)ccc1OCCCC(=O)N1CCC(C)CC1. The average Bonchev–Trinajstić information content (AvgIpc) is 2.46. The number of benzene rings is 1. The first-order valence-electron chi connectivity index (χ1n) is 7.73. The molecule has 0 bridgehead atoms. The Labute approximate surface area is 132 Å². The van der Waals surface area contributed by atoms with Gasteiger partial charge in [0.05, 0.1) is 6.61 Å². The molecule has 0 atom stereocenters. The van der Waals surface area contributed by atoms with Gasteiger partial charge in [-0.2, -0.15) is 0 Å². The zero-order valence-electron chi connectivity index (χ0n) is 12.9. The van der Waals surface area contributed by atoms with E-state index in [1.165, 1.54) is 0 Å². The van der Waals surface area contributed by atoms with Crippen LogP contribution < -0.4 is 4.74 Å². The van der Waals surface area contributed by atoms with Gasteiger partial charge < -0.3 is 9.64 Å². The summed E-state index contributed by atoms with van der Waals surface area (Å²) in [6.45, 7) is 6.62. The van der Waals surface area contributed by atoms with Crippen molar-refractivity contribution in [1.82, 2.24) is 4.90 Å². The Balaban J connectivity index is 1.68. The van der Waals surface area contributed by atoms with E-state index in [0.29, 0.717) is 18.1 Å². The second kappa shape index (κ2) is 7.69. The number of rotatable bonds is 5. The van der Waals surface area contributed by atoms with E-state index in [1.54, 1.807) is 0 Å². The van der Waals surface area contributed by atoms with Crippen LogP contribution in [0.3, 0.4) is 0 Å². The highest BCUT2D eigenvalue weighted by molar-refractivity contribution is 6.30. The molecule has 3 nitrogen and oxygen atoms in total. The van der Waals surface area contributed by atoms with E-state index in [1.807, 2.05) is 30.0 Å². The molecule has 1 aliphatic rings. The minimum Gasteiger partial charge on any atom is -0.493 e. The third-order valence-corrected chi connectivity index (χ3v) is 4.30. The van der Waals surface area contributed by atoms with Gasteiger partial charge in [0.15, 0.2) is 0 Å². The van der Waals surface area contributed by atoms with Crippen molar-refractivity contribution in [2.24, 2.45) is 5.92 Å². The molecule has 0 saturated carbocycles. The van der Waals surface area contributed by atoms with E-state index < -0.39 is 0 Å². The summed E-state index contributed by atoms with van der Waals surface area (Å²) in [5, 5.41) is 0.717. The van der Waals surface area contributed by atoms with Crippen molar-refractivity contribution in [3.8, 4) is 5.75 Å². The van der Waals surface area contributed by atoms with Gasteiger partial charge in [-0.25, -0.2) is 0 Å². The van der Waals surface area contributed by atoms with Crippen LogP contribution in [0.15, 0.2) is 18.2 Å². The maximum absolute atomic E-state index is 12.1. The second-order valence-corrected chi connectivity index (χ2v) is 6.36. The highest BCUT2D eigenvalue weighted by Crippen LogP contribution is 2.22. The molecule has 116 valence electrons. The molecule has 0 N–H and O–H groups in total. The van der Waals surface area contributed by atoms with Crippen LogP contribution in [0.5, 0.6) is 5.75 Å². The van der Waals surface area contributed by atoms with Crippen molar-refractivity contribution >= 4 is 17.5 Å².